The Morgan fingerprint density at radius 3 is 2.91 bits per heavy atom. The van der Waals surface area contributed by atoms with Crippen LogP contribution < -0.4 is 5.32 Å². The van der Waals surface area contributed by atoms with E-state index in [1.165, 1.54) is 11.1 Å². The van der Waals surface area contributed by atoms with Crippen molar-refractivity contribution in [3.8, 4) is 0 Å². The Bertz CT molecular complexity index is 289. The lowest BCUT2D eigenvalue weighted by Gasteiger charge is -2.19. The van der Waals surface area contributed by atoms with Crippen LogP contribution in [0.2, 0.25) is 0 Å². The number of fused-ring (bicyclic) bond motifs is 1. The van der Waals surface area contributed by atoms with E-state index in [0.717, 1.165) is 18.7 Å². The van der Waals surface area contributed by atoms with Crippen molar-refractivity contribution in [2.24, 2.45) is 0 Å². The molecule has 1 aliphatic rings. The Kier molecular flexibility index (Phi) is 1.42. The summed E-state index contributed by atoms with van der Waals surface area (Å²) in [6, 6.07) is 8.42. The predicted octanol–water partition coefficient (Wildman–Crippen LogP) is 1.80. The van der Waals surface area contributed by atoms with Crippen molar-refractivity contribution >= 4 is 5.70 Å². The number of nitrogens with one attached hydrogen (secondary N) is 1. The molecule has 0 saturated heterocycles. The van der Waals surface area contributed by atoms with Gasteiger partial charge in [-0.15, -0.1) is 0 Å². The molecular weight excluding hydrogens is 134 g/mol. The summed E-state index contributed by atoms with van der Waals surface area (Å²) in [6.45, 7) is 4.97. The standard InChI is InChI=1S/C10H11N/c1-8-10-5-3-2-4-9(10)6-7-11-8/h2-5,11H,1,6-7H2. The van der Waals surface area contributed by atoms with Crippen LogP contribution in [0.25, 0.3) is 5.70 Å². The first-order valence-electron chi connectivity index (χ1n) is 3.89. The molecule has 56 valence electrons. The molecular formula is C10H11N. The van der Waals surface area contributed by atoms with E-state index in [2.05, 4.69) is 36.2 Å². The van der Waals surface area contributed by atoms with Crippen LogP contribution in [0.15, 0.2) is 30.8 Å². The zero-order valence-electron chi connectivity index (χ0n) is 6.43. The van der Waals surface area contributed by atoms with Crippen molar-refractivity contribution in [1.82, 2.24) is 5.32 Å². The smallest absolute Gasteiger partial charge is 0.0343 e. The second-order valence-electron chi connectivity index (χ2n) is 2.81. The minimum Gasteiger partial charge on any atom is -0.385 e. The maximum atomic E-state index is 3.94. The molecule has 11 heavy (non-hydrogen) atoms. The molecule has 0 saturated carbocycles. The monoisotopic (exact) mass is 145 g/mol. The molecule has 1 heterocycles. The van der Waals surface area contributed by atoms with Gasteiger partial charge in [-0.3, -0.25) is 0 Å². The Balaban J connectivity index is 2.52. The second-order valence-corrected chi connectivity index (χ2v) is 2.81. The molecule has 0 aromatic heterocycles. The lowest BCUT2D eigenvalue weighted by Crippen LogP contribution is -2.21. The maximum Gasteiger partial charge on any atom is 0.0343 e. The fourth-order valence-electron chi connectivity index (χ4n) is 1.48. The highest BCUT2D eigenvalue weighted by molar-refractivity contribution is 5.66. The summed E-state index contributed by atoms with van der Waals surface area (Å²) >= 11 is 0. The first kappa shape index (κ1) is 6.47. The van der Waals surface area contributed by atoms with Crippen LogP contribution in [0.5, 0.6) is 0 Å². The second kappa shape index (κ2) is 2.42. The normalized spacial score (nSPS) is 15.5. The van der Waals surface area contributed by atoms with Gasteiger partial charge in [0.2, 0.25) is 0 Å². The van der Waals surface area contributed by atoms with E-state index in [1.807, 2.05) is 0 Å². The maximum absolute atomic E-state index is 3.94. The van der Waals surface area contributed by atoms with Crippen molar-refractivity contribution in [1.29, 1.82) is 0 Å². The molecule has 0 radical (unpaired) electrons. The van der Waals surface area contributed by atoms with Gasteiger partial charge in [0.25, 0.3) is 0 Å². The van der Waals surface area contributed by atoms with Crippen LogP contribution in [-0.2, 0) is 6.42 Å². The molecule has 1 nitrogen and oxygen atoms in total. The fraction of sp³-hybridized carbons (Fsp3) is 0.200. The van der Waals surface area contributed by atoms with Crippen LogP contribution >= 0.6 is 0 Å². The van der Waals surface area contributed by atoms with E-state index in [-0.39, 0.29) is 0 Å². The Labute approximate surface area is 66.7 Å². The average molecular weight is 145 g/mol. The molecule has 1 N–H and O–H groups in total. The van der Waals surface area contributed by atoms with Crippen molar-refractivity contribution in [3.05, 3.63) is 42.0 Å². The van der Waals surface area contributed by atoms with Gasteiger partial charge in [-0.2, -0.15) is 0 Å². The number of hydrogen-bond donors (Lipinski definition) is 1. The molecule has 0 aliphatic carbocycles. The summed E-state index contributed by atoms with van der Waals surface area (Å²) in [5, 5.41) is 3.24. The van der Waals surface area contributed by atoms with Crippen molar-refractivity contribution < 1.29 is 0 Å². The van der Waals surface area contributed by atoms with Gasteiger partial charge in [0.05, 0.1) is 0 Å². The molecule has 1 aliphatic heterocycles. The minimum atomic E-state index is 1.02. The molecule has 1 aromatic rings. The summed E-state index contributed by atoms with van der Waals surface area (Å²) in [5.41, 5.74) is 3.75. The Morgan fingerprint density at radius 2 is 2.09 bits per heavy atom. The van der Waals surface area contributed by atoms with Crippen LogP contribution in [0.3, 0.4) is 0 Å². The topological polar surface area (TPSA) is 12.0 Å². The highest BCUT2D eigenvalue weighted by Gasteiger charge is 2.09. The summed E-state index contributed by atoms with van der Waals surface area (Å²) in [5.74, 6) is 0. The molecule has 0 bridgehead atoms. The van der Waals surface area contributed by atoms with Crippen molar-refractivity contribution in [2.75, 3.05) is 6.54 Å². The number of rotatable bonds is 0. The zero-order chi connectivity index (χ0) is 7.68. The molecule has 0 fully saturated rings. The van der Waals surface area contributed by atoms with Crippen LogP contribution in [0, 0.1) is 0 Å². The number of hydrogen-bond acceptors (Lipinski definition) is 1. The third-order valence-electron chi connectivity index (χ3n) is 2.08. The zero-order valence-corrected chi connectivity index (χ0v) is 6.43. The lowest BCUT2D eigenvalue weighted by molar-refractivity contribution is 0.816. The SMILES string of the molecule is C=C1NCCc2ccccc21. The van der Waals surface area contributed by atoms with Crippen molar-refractivity contribution in [3.63, 3.8) is 0 Å². The third-order valence-corrected chi connectivity index (χ3v) is 2.08. The summed E-state index contributed by atoms with van der Waals surface area (Å²) in [7, 11) is 0. The Morgan fingerprint density at radius 1 is 1.27 bits per heavy atom. The molecule has 0 amide bonds. The van der Waals surface area contributed by atoms with E-state index in [0.29, 0.717) is 0 Å². The molecule has 2 rings (SSSR count). The van der Waals surface area contributed by atoms with Crippen LogP contribution in [-0.4, -0.2) is 6.54 Å². The van der Waals surface area contributed by atoms with Gasteiger partial charge in [0.1, 0.15) is 0 Å². The molecule has 1 heteroatoms. The average Bonchev–Trinajstić information content (AvgIpc) is 2.06. The highest BCUT2D eigenvalue weighted by Crippen LogP contribution is 2.19. The van der Waals surface area contributed by atoms with E-state index >= 15 is 0 Å². The molecule has 1 aromatic carbocycles. The Hall–Kier alpha value is -1.24. The first-order chi connectivity index (χ1) is 5.38. The first-order valence-corrected chi connectivity index (χ1v) is 3.89. The van der Waals surface area contributed by atoms with Crippen LogP contribution in [0.4, 0.5) is 0 Å². The largest absolute Gasteiger partial charge is 0.385 e. The fourth-order valence-corrected chi connectivity index (χ4v) is 1.48. The van der Waals surface area contributed by atoms with Gasteiger partial charge in [-0.25, -0.2) is 0 Å². The number of benzene rings is 1. The van der Waals surface area contributed by atoms with E-state index < -0.39 is 0 Å². The van der Waals surface area contributed by atoms with Gasteiger partial charge in [-0.1, -0.05) is 30.8 Å². The van der Waals surface area contributed by atoms with Gasteiger partial charge < -0.3 is 5.32 Å². The van der Waals surface area contributed by atoms with Crippen LogP contribution in [0.1, 0.15) is 11.1 Å². The van der Waals surface area contributed by atoms with E-state index in [4.69, 9.17) is 0 Å². The van der Waals surface area contributed by atoms with E-state index in [1.54, 1.807) is 0 Å². The minimum absolute atomic E-state index is 1.02. The summed E-state index contributed by atoms with van der Waals surface area (Å²) < 4.78 is 0. The summed E-state index contributed by atoms with van der Waals surface area (Å²) in [4.78, 5) is 0. The quantitative estimate of drug-likeness (QED) is 0.587. The van der Waals surface area contributed by atoms with Gasteiger partial charge >= 0.3 is 0 Å². The molecule has 0 spiro atoms. The van der Waals surface area contributed by atoms with Gasteiger partial charge in [0.15, 0.2) is 0 Å². The van der Waals surface area contributed by atoms with Gasteiger partial charge in [-0.05, 0) is 12.0 Å². The van der Waals surface area contributed by atoms with Gasteiger partial charge in [0, 0.05) is 17.8 Å². The molecule has 0 atom stereocenters. The summed E-state index contributed by atoms with van der Waals surface area (Å²) in [6.07, 6.45) is 1.12. The third kappa shape index (κ3) is 1.03. The lowest BCUT2D eigenvalue weighted by atomic mass is 9.99. The predicted molar refractivity (Wildman–Crippen MR) is 47.2 cm³/mol. The highest BCUT2D eigenvalue weighted by atomic mass is 14.9. The molecule has 0 unspecified atom stereocenters. The van der Waals surface area contributed by atoms with E-state index in [9.17, 15) is 0 Å². The van der Waals surface area contributed by atoms with Crippen molar-refractivity contribution in [2.45, 2.75) is 6.42 Å².